The van der Waals surface area contributed by atoms with Crippen LogP contribution in [0.1, 0.15) is 40.7 Å². The van der Waals surface area contributed by atoms with Crippen LogP contribution in [0.3, 0.4) is 0 Å². The number of carbonyl (C=O) groups is 2. The van der Waals surface area contributed by atoms with E-state index in [4.69, 9.17) is 9.47 Å². The zero-order valence-corrected chi connectivity index (χ0v) is 15.8. The summed E-state index contributed by atoms with van der Waals surface area (Å²) in [4.78, 5) is 31.4. The molecule has 2 amide bonds. The lowest BCUT2D eigenvalue weighted by molar-refractivity contribution is 0.0691. The predicted octanol–water partition coefficient (Wildman–Crippen LogP) is 2.98. The number of aromatic nitrogens is 1. The molecule has 2 aromatic rings. The van der Waals surface area contributed by atoms with Crippen molar-refractivity contribution in [1.82, 2.24) is 9.88 Å². The Balaban J connectivity index is 1.46. The second kappa shape index (κ2) is 7.88. The Hall–Kier alpha value is -3.09. The minimum absolute atomic E-state index is 0.124. The summed E-state index contributed by atoms with van der Waals surface area (Å²) in [6.45, 7) is 4.65. The molecule has 0 saturated carbocycles. The van der Waals surface area contributed by atoms with Gasteiger partial charge in [-0.1, -0.05) is 13.0 Å². The molecule has 3 heterocycles. The maximum Gasteiger partial charge on any atom is 0.274 e. The molecule has 1 N–H and O–H groups in total. The summed E-state index contributed by atoms with van der Waals surface area (Å²) < 4.78 is 11.0. The van der Waals surface area contributed by atoms with Crippen LogP contribution in [0.4, 0.5) is 5.69 Å². The number of likely N-dealkylation sites (tertiary alicyclic amines) is 1. The maximum atomic E-state index is 12.7. The summed E-state index contributed by atoms with van der Waals surface area (Å²) in [5.41, 5.74) is 1.08. The predicted molar refractivity (Wildman–Crippen MR) is 104 cm³/mol. The van der Waals surface area contributed by atoms with Crippen LogP contribution in [-0.4, -0.2) is 48.0 Å². The Labute approximate surface area is 163 Å². The first-order chi connectivity index (χ1) is 13.6. The van der Waals surface area contributed by atoms with Crippen molar-refractivity contribution in [2.75, 3.05) is 31.6 Å². The van der Waals surface area contributed by atoms with E-state index >= 15 is 0 Å². The molecule has 28 heavy (non-hydrogen) atoms. The molecule has 0 atom stereocenters. The molecule has 0 bridgehead atoms. The highest BCUT2D eigenvalue weighted by Crippen LogP contribution is 2.32. The second-order valence-electron chi connectivity index (χ2n) is 7.20. The van der Waals surface area contributed by atoms with E-state index in [-0.39, 0.29) is 17.5 Å². The van der Waals surface area contributed by atoms with Gasteiger partial charge in [-0.15, -0.1) is 0 Å². The molecule has 1 saturated heterocycles. The maximum absolute atomic E-state index is 12.7. The number of hydrogen-bond donors (Lipinski definition) is 1. The van der Waals surface area contributed by atoms with E-state index in [2.05, 4.69) is 17.2 Å². The van der Waals surface area contributed by atoms with Crippen molar-refractivity contribution >= 4 is 17.5 Å². The number of rotatable bonds is 3. The number of anilines is 1. The van der Waals surface area contributed by atoms with E-state index in [0.717, 1.165) is 25.9 Å². The van der Waals surface area contributed by atoms with Gasteiger partial charge in [0.1, 0.15) is 24.6 Å². The number of nitrogens with one attached hydrogen (secondary N) is 1. The van der Waals surface area contributed by atoms with Crippen molar-refractivity contribution < 1.29 is 19.1 Å². The third-order valence-corrected chi connectivity index (χ3v) is 5.07. The number of piperidine rings is 1. The van der Waals surface area contributed by atoms with Gasteiger partial charge in [-0.25, -0.2) is 4.98 Å². The summed E-state index contributed by atoms with van der Waals surface area (Å²) in [5, 5.41) is 2.80. The topological polar surface area (TPSA) is 80.8 Å². The number of ether oxygens (including phenoxy) is 2. The van der Waals surface area contributed by atoms with Gasteiger partial charge in [-0.3, -0.25) is 9.59 Å². The minimum atomic E-state index is -0.376. The zero-order valence-electron chi connectivity index (χ0n) is 15.8. The van der Waals surface area contributed by atoms with Gasteiger partial charge >= 0.3 is 0 Å². The van der Waals surface area contributed by atoms with Crippen LogP contribution >= 0.6 is 0 Å². The molecule has 1 aromatic heterocycles. The molecule has 0 radical (unpaired) electrons. The van der Waals surface area contributed by atoms with E-state index in [9.17, 15) is 9.59 Å². The SMILES string of the molecule is CC1CCN(C(=O)c2cccc(C(=O)Nc3ccc4c(c3)OCCO4)n2)CC1. The highest BCUT2D eigenvalue weighted by atomic mass is 16.6. The highest BCUT2D eigenvalue weighted by Gasteiger charge is 2.23. The average Bonchev–Trinajstić information content (AvgIpc) is 2.74. The second-order valence-corrected chi connectivity index (χ2v) is 7.20. The summed E-state index contributed by atoms with van der Waals surface area (Å²) in [6.07, 6.45) is 1.99. The fourth-order valence-electron chi connectivity index (χ4n) is 3.37. The minimum Gasteiger partial charge on any atom is -0.486 e. The Bertz CT molecular complexity index is 891. The smallest absolute Gasteiger partial charge is 0.274 e. The van der Waals surface area contributed by atoms with Gasteiger partial charge in [0.15, 0.2) is 11.5 Å². The van der Waals surface area contributed by atoms with Crippen LogP contribution in [0.25, 0.3) is 0 Å². The van der Waals surface area contributed by atoms with Gasteiger partial charge in [0.05, 0.1) is 0 Å². The number of amides is 2. The summed E-state index contributed by atoms with van der Waals surface area (Å²) in [7, 11) is 0. The zero-order chi connectivity index (χ0) is 19.5. The Morgan fingerprint density at radius 3 is 2.54 bits per heavy atom. The van der Waals surface area contributed by atoms with E-state index in [1.54, 1.807) is 36.4 Å². The van der Waals surface area contributed by atoms with Gasteiger partial charge in [-0.05, 0) is 43.0 Å². The number of benzene rings is 1. The van der Waals surface area contributed by atoms with Gasteiger partial charge in [0.2, 0.25) is 0 Å². The van der Waals surface area contributed by atoms with Gasteiger partial charge in [0, 0.05) is 24.8 Å². The molecule has 2 aliphatic rings. The average molecular weight is 381 g/mol. The van der Waals surface area contributed by atoms with E-state index in [1.807, 2.05) is 4.90 Å². The van der Waals surface area contributed by atoms with Crippen LogP contribution in [-0.2, 0) is 0 Å². The standard InChI is InChI=1S/C21H23N3O4/c1-14-7-9-24(10-8-14)21(26)17-4-2-3-16(23-17)20(25)22-15-5-6-18-19(13-15)28-12-11-27-18/h2-6,13-14H,7-12H2,1H3,(H,22,25). The van der Waals surface area contributed by atoms with Crippen molar-refractivity contribution in [3.8, 4) is 11.5 Å². The molecule has 0 unspecified atom stereocenters. The summed E-state index contributed by atoms with van der Waals surface area (Å²) in [5.74, 6) is 1.39. The van der Waals surface area contributed by atoms with E-state index < -0.39 is 0 Å². The number of carbonyl (C=O) groups excluding carboxylic acids is 2. The molecule has 1 fully saturated rings. The van der Waals surface area contributed by atoms with Crippen molar-refractivity contribution in [3.63, 3.8) is 0 Å². The lowest BCUT2D eigenvalue weighted by atomic mass is 9.99. The number of pyridine rings is 1. The molecule has 146 valence electrons. The molecule has 4 rings (SSSR count). The van der Waals surface area contributed by atoms with Gasteiger partial charge in [-0.2, -0.15) is 0 Å². The van der Waals surface area contributed by atoms with Crippen molar-refractivity contribution in [3.05, 3.63) is 47.8 Å². The number of fused-ring (bicyclic) bond motifs is 1. The first-order valence-electron chi connectivity index (χ1n) is 9.57. The lowest BCUT2D eigenvalue weighted by Gasteiger charge is -2.30. The van der Waals surface area contributed by atoms with Crippen LogP contribution in [0.15, 0.2) is 36.4 Å². The molecule has 1 aromatic carbocycles. The number of nitrogens with zero attached hydrogens (tertiary/aromatic N) is 2. The quantitative estimate of drug-likeness (QED) is 0.884. The lowest BCUT2D eigenvalue weighted by Crippen LogP contribution is -2.38. The normalized spacial score (nSPS) is 16.5. The fourth-order valence-corrected chi connectivity index (χ4v) is 3.37. The largest absolute Gasteiger partial charge is 0.486 e. The van der Waals surface area contributed by atoms with Gasteiger partial charge in [0.25, 0.3) is 11.8 Å². The van der Waals surface area contributed by atoms with Gasteiger partial charge < -0.3 is 19.7 Å². The molecule has 7 nitrogen and oxygen atoms in total. The van der Waals surface area contributed by atoms with Crippen LogP contribution in [0, 0.1) is 5.92 Å². The highest BCUT2D eigenvalue weighted by molar-refractivity contribution is 6.04. The third-order valence-electron chi connectivity index (χ3n) is 5.07. The van der Waals surface area contributed by atoms with E-state index in [1.165, 1.54) is 0 Å². The molecular weight excluding hydrogens is 358 g/mol. The Morgan fingerprint density at radius 1 is 1.04 bits per heavy atom. The molecule has 7 heteroatoms. The Kier molecular flexibility index (Phi) is 5.14. The Morgan fingerprint density at radius 2 is 1.75 bits per heavy atom. The third kappa shape index (κ3) is 3.93. The van der Waals surface area contributed by atoms with Crippen molar-refractivity contribution in [2.24, 2.45) is 5.92 Å². The number of hydrogen-bond acceptors (Lipinski definition) is 5. The summed E-state index contributed by atoms with van der Waals surface area (Å²) >= 11 is 0. The van der Waals surface area contributed by atoms with Crippen LogP contribution in [0.5, 0.6) is 11.5 Å². The molecule has 0 spiro atoms. The summed E-state index contributed by atoms with van der Waals surface area (Å²) in [6, 6.07) is 10.2. The first kappa shape index (κ1) is 18.3. The monoisotopic (exact) mass is 381 g/mol. The molecule has 0 aliphatic carbocycles. The molecular formula is C21H23N3O4. The van der Waals surface area contributed by atoms with E-state index in [0.29, 0.717) is 42.0 Å². The van der Waals surface area contributed by atoms with Crippen molar-refractivity contribution in [1.29, 1.82) is 0 Å². The first-order valence-corrected chi connectivity index (χ1v) is 9.57. The fraction of sp³-hybridized carbons (Fsp3) is 0.381. The van der Waals surface area contributed by atoms with Crippen LogP contribution < -0.4 is 14.8 Å². The van der Waals surface area contributed by atoms with Crippen molar-refractivity contribution in [2.45, 2.75) is 19.8 Å². The van der Waals surface area contributed by atoms with Crippen LogP contribution in [0.2, 0.25) is 0 Å². The molecule has 2 aliphatic heterocycles.